The Morgan fingerprint density at radius 2 is 2.11 bits per heavy atom. The highest BCUT2D eigenvalue weighted by atomic mass is 79.9. The molecular formula is C11H13Br2FN2O2. The smallest absolute Gasteiger partial charge is 0.342 e. The number of hydrogen-bond donors (Lipinski definition) is 2. The van der Waals surface area contributed by atoms with Crippen molar-refractivity contribution in [1.82, 2.24) is 0 Å². The SMILES string of the molecule is CCOC(=O)C(F)[C@@H](N)c1cc(Br)cc(Br)c1N. The van der Waals surface area contributed by atoms with Crippen LogP contribution >= 0.6 is 31.9 Å². The zero-order chi connectivity index (χ0) is 13.9. The number of carbonyl (C=O) groups is 1. The Bertz CT molecular complexity index is 457. The minimum Gasteiger partial charge on any atom is -0.464 e. The summed E-state index contributed by atoms with van der Waals surface area (Å²) >= 11 is 6.49. The monoisotopic (exact) mass is 382 g/mol. The van der Waals surface area contributed by atoms with Gasteiger partial charge in [0, 0.05) is 8.95 Å². The van der Waals surface area contributed by atoms with Crippen molar-refractivity contribution in [2.75, 3.05) is 12.3 Å². The molecule has 0 aliphatic carbocycles. The van der Waals surface area contributed by atoms with Gasteiger partial charge in [-0.3, -0.25) is 0 Å². The van der Waals surface area contributed by atoms with Gasteiger partial charge in [0.25, 0.3) is 0 Å². The molecule has 0 bridgehead atoms. The Kier molecular flexibility index (Phi) is 5.55. The number of anilines is 1. The lowest BCUT2D eigenvalue weighted by molar-refractivity contribution is -0.149. The number of nitrogen functional groups attached to an aromatic ring is 1. The van der Waals surface area contributed by atoms with Crippen molar-refractivity contribution in [2.24, 2.45) is 5.73 Å². The average Bonchev–Trinajstić information content (AvgIpc) is 2.32. The molecule has 18 heavy (non-hydrogen) atoms. The molecule has 0 fully saturated rings. The molecule has 4 nitrogen and oxygen atoms in total. The van der Waals surface area contributed by atoms with E-state index in [1.165, 1.54) is 0 Å². The summed E-state index contributed by atoms with van der Waals surface area (Å²) in [6.07, 6.45) is -1.95. The van der Waals surface area contributed by atoms with Gasteiger partial charge >= 0.3 is 5.97 Å². The van der Waals surface area contributed by atoms with Gasteiger partial charge in [-0.25, -0.2) is 9.18 Å². The van der Waals surface area contributed by atoms with E-state index in [0.717, 1.165) is 0 Å². The van der Waals surface area contributed by atoms with E-state index < -0.39 is 18.2 Å². The van der Waals surface area contributed by atoms with Crippen LogP contribution in [0.25, 0.3) is 0 Å². The van der Waals surface area contributed by atoms with E-state index in [1.807, 2.05) is 0 Å². The molecule has 1 aromatic carbocycles. The lowest BCUT2D eigenvalue weighted by atomic mass is 10.0. The highest BCUT2D eigenvalue weighted by molar-refractivity contribution is 9.11. The first kappa shape index (κ1) is 15.4. The molecule has 0 aliphatic heterocycles. The number of alkyl halides is 1. The number of benzene rings is 1. The van der Waals surface area contributed by atoms with E-state index in [-0.39, 0.29) is 6.61 Å². The maximum Gasteiger partial charge on any atom is 0.342 e. The van der Waals surface area contributed by atoms with Crippen molar-refractivity contribution in [3.63, 3.8) is 0 Å². The van der Waals surface area contributed by atoms with Crippen LogP contribution in [-0.4, -0.2) is 18.7 Å². The van der Waals surface area contributed by atoms with Crippen LogP contribution in [0.15, 0.2) is 21.1 Å². The van der Waals surface area contributed by atoms with E-state index in [9.17, 15) is 9.18 Å². The highest BCUT2D eigenvalue weighted by Crippen LogP contribution is 2.33. The molecule has 0 radical (unpaired) electrons. The standard InChI is InChI=1S/C11H13Br2FN2O2/c1-2-18-11(17)8(14)10(16)6-3-5(12)4-7(13)9(6)15/h3-4,8,10H,2,15-16H2,1H3/t8?,10-/m0/s1. The van der Waals surface area contributed by atoms with Crippen LogP contribution in [0, 0.1) is 0 Å². The Morgan fingerprint density at radius 3 is 2.67 bits per heavy atom. The van der Waals surface area contributed by atoms with E-state index in [4.69, 9.17) is 11.5 Å². The zero-order valence-electron chi connectivity index (χ0n) is 9.62. The van der Waals surface area contributed by atoms with Crippen molar-refractivity contribution in [2.45, 2.75) is 19.1 Å². The predicted molar refractivity (Wildman–Crippen MR) is 74.7 cm³/mol. The summed E-state index contributed by atoms with van der Waals surface area (Å²) in [5, 5.41) is 0. The van der Waals surface area contributed by atoms with Crippen LogP contribution < -0.4 is 11.5 Å². The second-order valence-electron chi connectivity index (χ2n) is 3.57. The summed E-state index contributed by atoms with van der Waals surface area (Å²) in [7, 11) is 0. The summed E-state index contributed by atoms with van der Waals surface area (Å²) in [5.41, 5.74) is 12.2. The van der Waals surface area contributed by atoms with Crippen molar-refractivity contribution in [3.8, 4) is 0 Å². The number of esters is 1. The zero-order valence-corrected chi connectivity index (χ0v) is 12.8. The molecule has 0 saturated heterocycles. The maximum absolute atomic E-state index is 13.8. The Morgan fingerprint density at radius 1 is 1.50 bits per heavy atom. The Balaban J connectivity index is 3.03. The fourth-order valence-corrected chi connectivity index (χ4v) is 2.66. The average molecular weight is 384 g/mol. The van der Waals surface area contributed by atoms with Gasteiger partial charge in [0.15, 0.2) is 0 Å². The molecule has 0 aromatic heterocycles. The van der Waals surface area contributed by atoms with Crippen LogP contribution in [0.4, 0.5) is 10.1 Å². The summed E-state index contributed by atoms with van der Waals surface area (Å²) in [5.74, 6) is -0.986. The topological polar surface area (TPSA) is 78.3 Å². The fourth-order valence-electron chi connectivity index (χ4n) is 1.41. The fraction of sp³-hybridized carbons (Fsp3) is 0.364. The molecule has 1 rings (SSSR count). The number of ether oxygens (including phenoxy) is 1. The first-order valence-electron chi connectivity index (χ1n) is 5.19. The van der Waals surface area contributed by atoms with E-state index in [0.29, 0.717) is 20.2 Å². The number of nitrogens with two attached hydrogens (primary N) is 2. The van der Waals surface area contributed by atoms with Gasteiger partial charge in [0.05, 0.1) is 18.3 Å². The van der Waals surface area contributed by atoms with Gasteiger partial charge in [0.2, 0.25) is 6.17 Å². The van der Waals surface area contributed by atoms with E-state index in [1.54, 1.807) is 19.1 Å². The predicted octanol–water partition coefficient (Wildman–Crippen LogP) is 2.69. The Hall–Kier alpha value is -0.660. The highest BCUT2D eigenvalue weighted by Gasteiger charge is 2.29. The summed E-state index contributed by atoms with van der Waals surface area (Å²) in [6, 6.07) is 2.12. The molecule has 4 N–H and O–H groups in total. The Labute approximate surface area is 121 Å². The van der Waals surface area contributed by atoms with Crippen molar-refractivity contribution < 1.29 is 13.9 Å². The molecule has 0 aliphatic rings. The van der Waals surface area contributed by atoms with Gasteiger partial charge in [-0.1, -0.05) is 15.9 Å². The van der Waals surface area contributed by atoms with Gasteiger partial charge in [-0.2, -0.15) is 0 Å². The summed E-state index contributed by atoms with van der Waals surface area (Å²) < 4.78 is 19.7. The van der Waals surface area contributed by atoms with Gasteiger partial charge in [-0.05, 0) is 40.5 Å². The molecule has 100 valence electrons. The van der Waals surface area contributed by atoms with Crippen molar-refractivity contribution in [3.05, 3.63) is 26.6 Å². The van der Waals surface area contributed by atoms with E-state index >= 15 is 0 Å². The normalized spacial score (nSPS) is 14.1. The lowest BCUT2D eigenvalue weighted by Gasteiger charge is -2.18. The molecule has 0 amide bonds. The van der Waals surface area contributed by atoms with Crippen LogP contribution in [0.1, 0.15) is 18.5 Å². The van der Waals surface area contributed by atoms with Gasteiger partial charge in [0.1, 0.15) is 0 Å². The molecule has 2 atom stereocenters. The minimum absolute atomic E-state index is 0.101. The van der Waals surface area contributed by atoms with Gasteiger partial charge < -0.3 is 16.2 Å². The van der Waals surface area contributed by atoms with Crippen LogP contribution in [0.5, 0.6) is 0 Å². The number of halogens is 3. The van der Waals surface area contributed by atoms with Crippen molar-refractivity contribution in [1.29, 1.82) is 0 Å². The third-order valence-corrected chi connectivity index (χ3v) is 3.43. The molecule has 7 heteroatoms. The second-order valence-corrected chi connectivity index (χ2v) is 5.34. The third kappa shape index (κ3) is 3.43. The second kappa shape index (κ2) is 6.49. The molecule has 1 unspecified atom stereocenters. The maximum atomic E-state index is 13.8. The van der Waals surface area contributed by atoms with Crippen LogP contribution in [0.3, 0.4) is 0 Å². The quantitative estimate of drug-likeness (QED) is 0.618. The number of rotatable bonds is 4. The molecule has 0 heterocycles. The molecule has 0 spiro atoms. The van der Waals surface area contributed by atoms with E-state index in [2.05, 4.69) is 36.6 Å². The molecular weight excluding hydrogens is 371 g/mol. The first-order valence-corrected chi connectivity index (χ1v) is 6.77. The van der Waals surface area contributed by atoms with Crippen molar-refractivity contribution >= 4 is 43.5 Å². The molecule has 0 saturated carbocycles. The van der Waals surface area contributed by atoms with Crippen LogP contribution in [-0.2, 0) is 9.53 Å². The van der Waals surface area contributed by atoms with Gasteiger partial charge in [-0.15, -0.1) is 0 Å². The largest absolute Gasteiger partial charge is 0.464 e. The minimum atomic E-state index is -1.95. The summed E-state index contributed by atoms with van der Waals surface area (Å²) in [6.45, 7) is 1.70. The third-order valence-electron chi connectivity index (χ3n) is 2.31. The lowest BCUT2D eigenvalue weighted by Crippen LogP contribution is -2.32. The number of hydrogen-bond acceptors (Lipinski definition) is 4. The number of carbonyl (C=O) groups excluding carboxylic acids is 1. The first-order chi connectivity index (χ1) is 8.38. The van der Waals surface area contributed by atoms with Crippen LogP contribution in [0.2, 0.25) is 0 Å². The molecule has 1 aromatic rings. The summed E-state index contributed by atoms with van der Waals surface area (Å²) in [4.78, 5) is 11.3.